The highest BCUT2D eigenvalue weighted by atomic mass is 16.4. The summed E-state index contributed by atoms with van der Waals surface area (Å²) in [5.74, 6) is -0.618. The van der Waals surface area contributed by atoms with Crippen molar-refractivity contribution in [3.8, 4) is 0 Å². The molecule has 106 valence electrons. The van der Waals surface area contributed by atoms with E-state index in [1.54, 1.807) is 12.2 Å². The molecule has 19 heavy (non-hydrogen) atoms. The summed E-state index contributed by atoms with van der Waals surface area (Å²) in [6.45, 7) is 3.66. The van der Waals surface area contributed by atoms with E-state index in [1.807, 2.05) is 4.90 Å². The molecule has 0 bridgehead atoms. The highest BCUT2D eigenvalue weighted by molar-refractivity contribution is 5.76. The van der Waals surface area contributed by atoms with Crippen molar-refractivity contribution in [2.24, 2.45) is 11.8 Å². The van der Waals surface area contributed by atoms with Gasteiger partial charge in [-0.15, -0.1) is 0 Å². The van der Waals surface area contributed by atoms with Gasteiger partial charge in [-0.2, -0.15) is 0 Å². The number of carboxylic acid groups (broad SMARTS) is 1. The van der Waals surface area contributed by atoms with Crippen LogP contribution in [-0.2, 0) is 4.79 Å². The molecule has 0 aromatic rings. The molecule has 1 saturated carbocycles. The van der Waals surface area contributed by atoms with Crippen molar-refractivity contribution in [3.63, 3.8) is 0 Å². The van der Waals surface area contributed by atoms with Crippen LogP contribution in [0.5, 0.6) is 0 Å². The number of carboxylic acids is 1. The molecule has 0 spiro atoms. The maximum absolute atomic E-state index is 12.2. The van der Waals surface area contributed by atoms with Crippen LogP contribution in [0.15, 0.2) is 12.2 Å². The molecule has 2 N–H and O–H groups in total. The Bertz CT molecular complexity index is 377. The molecule has 1 fully saturated rings. The highest BCUT2D eigenvalue weighted by Gasteiger charge is 2.29. The van der Waals surface area contributed by atoms with Crippen molar-refractivity contribution in [1.82, 2.24) is 10.2 Å². The second-order valence-corrected chi connectivity index (χ2v) is 5.51. The van der Waals surface area contributed by atoms with E-state index in [-0.39, 0.29) is 12.1 Å². The van der Waals surface area contributed by atoms with E-state index in [9.17, 15) is 9.59 Å². The monoisotopic (exact) mass is 266 g/mol. The number of hydrogen-bond acceptors (Lipinski definition) is 2. The first-order chi connectivity index (χ1) is 9.10. The fourth-order valence-electron chi connectivity index (χ4n) is 2.40. The molecule has 2 aliphatic rings. The number of aliphatic carboxylic acids is 1. The van der Waals surface area contributed by atoms with Crippen LogP contribution in [0, 0.1) is 11.8 Å². The normalized spacial score (nSPS) is 25.3. The van der Waals surface area contributed by atoms with Gasteiger partial charge in [0.25, 0.3) is 0 Å². The Morgan fingerprint density at radius 2 is 2.11 bits per heavy atom. The molecule has 5 heteroatoms. The molecule has 0 aromatic carbocycles. The maximum atomic E-state index is 12.2. The van der Waals surface area contributed by atoms with Gasteiger partial charge in [-0.25, -0.2) is 4.79 Å². The van der Waals surface area contributed by atoms with Crippen molar-refractivity contribution in [2.75, 3.05) is 13.1 Å². The molecule has 2 aliphatic carbocycles. The summed E-state index contributed by atoms with van der Waals surface area (Å²) in [6.07, 6.45) is 7.30. The van der Waals surface area contributed by atoms with E-state index >= 15 is 0 Å². The Morgan fingerprint density at radius 1 is 1.37 bits per heavy atom. The van der Waals surface area contributed by atoms with Crippen molar-refractivity contribution >= 4 is 12.0 Å². The number of amides is 2. The zero-order valence-electron chi connectivity index (χ0n) is 11.3. The van der Waals surface area contributed by atoms with Crippen LogP contribution < -0.4 is 5.32 Å². The van der Waals surface area contributed by atoms with Crippen LogP contribution in [0.25, 0.3) is 0 Å². The number of hydrogen-bond donors (Lipinski definition) is 2. The van der Waals surface area contributed by atoms with E-state index in [4.69, 9.17) is 5.11 Å². The SMILES string of the molecule is CCCN(CC1CC1)C(=O)NC1C=CC(C(=O)O)C1. The van der Waals surface area contributed by atoms with Gasteiger partial charge >= 0.3 is 12.0 Å². The Morgan fingerprint density at radius 3 is 2.63 bits per heavy atom. The van der Waals surface area contributed by atoms with Gasteiger partial charge < -0.3 is 15.3 Å². The first-order valence-electron chi connectivity index (χ1n) is 7.06. The van der Waals surface area contributed by atoms with Crippen LogP contribution in [0.1, 0.15) is 32.6 Å². The first kappa shape index (κ1) is 13.9. The van der Waals surface area contributed by atoms with Gasteiger partial charge in [-0.3, -0.25) is 4.79 Å². The summed E-state index contributed by atoms with van der Waals surface area (Å²) >= 11 is 0. The average Bonchev–Trinajstić information content (AvgIpc) is 3.05. The minimum Gasteiger partial charge on any atom is -0.481 e. The van der Waals surface area contributed by atoms with Gasteiger partial charge in [0, 0.05) is 13.1 Å². The Kier molecular flexibility index (Phi) is 4.45. The molecular weight excluding hydrogens is 244 g/mol. The summed E-state index contributed by atoms with van der Waals surface area (Å²) in [5, 5.41) is 11.8. The second-order valence-electron chi connectivity index (χ2n) is 5.51. The lowest BCUT2D eigenvalue weighted by molar-refractivity contribution is -0.140. The quantitative estimate of drug-likeness (QED) is 0.721. The zero-order valence-corrected chi connectivity index (χ0v) is 11.3. The highest BCUT2D eigenvalue weighted by Crippen LogP contribution is 2.29. The number of nitrogens with one attached hydrogen (secondary N) is 1. The fourth-order valence-corrected chi connectivity index (χ4v) is 2.40. The van der Waals surface area contributed by atoms with Gasteiger partial charge in [0.05, 0.1) is 12.0 Å². The Labute approximate surface area is 113 Å². The third-order valence-corrected chi connectivity index (χ3v) is 3.67. The number of carbonyl (C=O) groups excluding carboxylic acids is 1. The molecule has 0 aliphatic heterocycles. The van der Waals surface area contributed by atoms with Gasteiger partial charge in [0.2, 0.25) is 0 Å². The Balaban J connectivity index is 1.81. The van der Waals surface area contributed by atoms with E-state index in [0.717, 1.165) is 19.5 Å². The van der Waals surface area contributed by atoms with Crippen LogP contribution in [0.2, 0.25) is 0 Å². The summed E-state index contributed by atoms with van der Waals surface area (Å²) in [6, 6.07) is -0.207. The van der Waals surface area contributed by atoms with E-state index in [2.05, 4.69) is 12.2 Å². The number of carbonyl (C=O) groups is 2. The third kappa shape index (κ3) is 3.98. The van der Waals surface area contributed by atoms with Crippen molar-refractivity contribution in [1.29, 1.82) is 0 Å². The van der Waals surface area contributed by atoms with Gasteiger partial charge in [0.1, 0.15) is 0 Å². The first-order valence-corrected chi connectivity index (χ1v) is 7.06. The molecule has 2 amide bonds. The smallest absolute Gasteiger partial charge is 0.317 e. The minimum atomic E-state index is -0.823. The van der Waals surface area contributed by atoms with Gasteiger partial charge in [0.15, 0.2) is 0 Å². The van der Waals surface area contributed by atoms with Crippen LogP contribution >= 0.6 is 0 Å². The molecule has 2 rings (SSSR count). The van der Waals surface area contributed by atoms with Gasteiger partial charge in [-0.1, -0.05) is 19.1 Å². The molecule has 0 heterocycles. The summed E-state index contributed by atoms with van der Waals surface area (Å²) < 4.78 is 0. The molecule has 5 nitrogen and oxygen atoms in total. The predicted molar refractivity (Wildman–Crippen MR) is 71.8 cm³/mol. The van der Waals surface area contributed by atoms with E-state index < -0.39 is 11.9 Å². The van der Waals surface area contributed by atoms with Crippen LogP contribution in [0.3, 0.4) is 0 Å². The van der Waals surface area contributed by atoms with Crippen molar-refractivity contribution in [2.45, 2.75) is 38.6 Å². The number of nitrogens with zero attached hydrogens (tertiary/aromatic N) is 1. The lowest BCUT2D eigenvalue weighted by Gasteiger charge is -2.24. The Hall–Kier alpha value is -1.52. The van der Waals surface area contributed by atoms with E-state index in [1.165, 1.54) is 12.8 Å². The molecular formula is C14H22N2O3. The largest absolute Gasteiger partial charge is 0.481 e. The molecule has 0 saturated heterocycles. The average molecular weight is 266 g/mol. The second kappa shape index (κ2) is 6.08. The standard InChI is InChI=1S/C14H22N2O3/c1-2-7-16(9-10-3-4-10)14(19)15-12-6-5-11(8-12)13(17)18/h5-6,10-12H,2-4,7-9H2,1H3,(H,15,19)(H,17,18). The summed E-state index contributed by atoms with van der Waals surface area (Å²) in [4.78, 5) is 24.9. The molecule has 0 aromatic heterocycles. The van der Waals surface area contributed by atoms with Gasteiger partial charge in [-0.05, 0) is 31.6 Å². The number of rotatable bonds is 6. The van der Waals surface area contributed by atoms with Crippen molar-refractivity contribution < 1.29 is 14.7 Å². The fraction of sp³-hybridized carbons (Fsp3) is 0.714. The molecule has 0 radical (unpaired) electrons. The lowest BCUT2D eigenvalue weighted by atomic mass is 10.1. The molecule has 2 atom stereocenters. The van der Waals surface area contributed by atoms with Crippen LogP contribution in [0.4, 0.5) is 4.79 Å². The predicted octanol–water partition coefficient (Wildman–Crippen LogP) is 1.85. The maximum Gasteiger partial charge on any atom is 0.317 e. The van der Waals surface area contributed by atoms with E-state index in [0.29, 0.717) is 12.3 Å². The third-order valence-electron chi connectivity index (χ3n) is 3.67. The zero-order chi connectivity index (χ0) is 13.8. The number of urea groups is 1. The summed E-state index contributed by atoms with van der Waals surface area (Å²) in [7, 11) is 0. The minimum absolute atomic E-state index is 0.0607. The topological polar surface area (TPSA) is 69.6 Å². The lowest BCUT2D eigenvalue weighted by Crippen LogP contribution is -2.45. The van der Waals surface area contributed by atoms with Crippen LogP contribution in [-0.4, -0.2) is 41.1 Å². The summed E-state index contributed by atoms with van der Waals surface area (Å²) in [5.41, 5.74) is 0. The van der Waals surface area contributed by atoms with Crippen molar-refractivity contribution in [3.05, 3.63) is 12.2 Å². The molecule has 2 unspecified atom stereocenters.